The molecule has 1 unspecified atom stereocenters. The normalized spacial score (nSPS) is 18.2. The number of carbonyl (C=O) groups is 1. The van der Waals surface area contributed by atoms with Gasteiger partial charge in [-0.2, -0.15) is 9.57 Å². The topological polar surface area (TPSA) is 103 Å². The lowest BCUT2D eigenvalue weighted by Gasteiger charge is -2.30. The fourth-order valence-corrected chi connectivity index (χ4v) is 6.80. The maximum Gasteiger partial charge on any atom is 0.256 e. The van der Waals surface area contributed by atoms with E-state index in [9.17, 15) is 18.5 Å². The highest BCUT2D eigenvalue weighted by Crippen LogP contribution is 2.37. The van der Waals surface area contributed by atoms with Crippen molar-refractivity contribution in [2.75, 3.05) is 32.1 Å². The van der Waals surface area contributed by atoms with E-state index in [4.69, 9.17) is 4.74 Å². The number of thiophene rings is 1. The molecule has 0 spiro atoms. The average molecular weight is 539 g/mol. The SMILES string of the molecule is CC(C)N1CCc2c(sc(NC(=O)c3ccc(S(=O)(=O)N(C)CC4CCCO4)cc3)c2C#N)C1.Cl. The Kier molecular flexibility index (Phi) is 8.96. The Balaban J connectivity index is 0.00000342. The molecule has 1 aromatic carbocycles. The van der Waals surface area contributed by atoms with Crippen LogP contribution in [-0.4, -0.2) is 62.4 Å². The lowest BCUT2D eigenvalue weighted by atomic mass is 10.0. The number of nitrogens with one attached hydrogen (secondary N) is 1. The lowest BCUT2D eigenvalue weighted by molar-refractivity contribution is 0.0979. The van der Waals surface area contributed by atoms with Gasteiger partial charge in [-0.05, 0) is 62.9 Å². The smallest absolute Gasteiger partial charge is 0.256 e. The van der Waals surface area contributed by atoms with Crippen molar-refractivity contribution in [1.82, 2.24) is 9.21 Å². The molecule has 0 radical (unpaired) electrons. The number of hydrogen-bond donors (Lipinski definition) is 1. The first kappa shape index (κ1) is 27.6. The molecule has 3 heterocycles. The van der Waals surface area contributed by atoms with E-state index in [0.717, 1.165) is 42.8 Å². The zero-order chi connectivity index (χ0) is 24.5. The van der Waals surface area contributed by atoms with Gasteiger partial charge in [0.2, 0.25) is 10.0 Å². The highest BCUT2D eigenvalue weighted by molar-refractivity contribution is 7.89. The van der Waals surface area contributed by atoms with Crippen molar-refractivity contribution in [3.05, 3.63) is 45.8 Å². The summed E-state index contributed by atoms with van der Waals surface area (Å²) in [5, 5.41) is 13.1. The van der Waals surface area contributed by atoms with Crippen LogP contribution in [0, 0.1) is 11.3 Å². The third kappa shape index (κ3) is 5.88. The predicted molar refractivity (Wildman–Crippen MR) is 139 cm³/mol. The fourth-order valence-electron chi connectivity index (χ4n) is 4.38. The summed E-state index contributed by atoms with van der Waals surface area (Å²) in [6.07, 6.45) is 2.50. The van der Waals surface area contributed by atoms with Gasteiger partial charge in [0.15, 0.2) is 0 Å². The third-order valence-corrected chi connectivity index (χ3v) is 9.43. The van der Waals surface area contributed by atoms with Crippen molar-refractivity contribution in [3.8, 4) is 6.07 Å². The van der Waals surface area contributed by atoms with Crippen LogP contribution in [0.5, 0.6) is 0 Å². The van der Waals surface area contributed by atoms with E-state index in [2.05, 4.69) is 30.1 Å². The summed E-state index contributed by atoms with van der Waals surface area (Å²) >= 11 is 1.45. The Labute approximate surface area is 217 Å². The van der Waals surface area contributed by atoms with Gasteiger partial charge in [-0.3, -0.25) is 9.69 Å². The third-order valence-electron chi connectivity index (χ3n) is 6.46. The molecule has 35 heavy (non-hydrogen) atoms. The molecule has 1 saturated heterocycles. The van der Waals surface area contributed by atoms with Crippen LogP contribution in [0.2, 0.25) is 0 Å². The van der Waals surface area contributed by atoms with Gasteiger partial charge in [-0.15, -0.1) is 23.7 Å². The first-order chi connectivity index (χ1) is 16.2. The molecule has 1 amide bonds. The van der Waals surface area contributed by atoms with E-state index in [1.807, 2.05) is 0 Å². The Morgan fingerprint density at radius 1 is 1.34 bits per heavy atom. The zero-order valence-electron chi connectivity index (χ0n) is 20.1. The van der Waals surface area contributed by atoms with Crippen LogP contribution in [0.4, 0.5) is 5.00 Å². The van der Waals surface area contributed by atoms with Gasteiger partial charge >= 0.3 is 0 Å². The van der Waals surface area contributed by atoms with Gasteiger partial charge in [-0.1, -0.05) is 0 Å². The first-order valence-electron chi connectivity index (χ1n) is 11.5. The number of amides is 1. The Morgan fingerprint density at radius 3 is 2.66 bits per heavy atom. The molecular weight excluding hydrogens is 508 g/mol. The minimum atomic E-state index is -3.68. The van der Waals surface area contributed by atoms with Crippen molar-refractivity contribution in [1.29, 1.82) is 5.26 Å². The number of benzene rings is 1. The number of anilines is 1. The number of likely N-dealkylation sites (N-methyl/N-ethyl adjacent to an activating group) is 1. The number of halogens is 1. The number of fused-ring (bicyclic) bond motifs is 1. The van der Waals surface area contributed by atoms with Crippen molar-refractivity contribution in [2.45, 2.75) is 56.7 Å². The largest absolute Gasteiger partial charge is 0.377 e. The predicted octanol–water partition coefficient (Wildman–Crippen LogP) is 3.86. The molecule has 0 saturated carbocycles. The summed E-state index contributed by atoms with van der Waals surface area (Å²) in [4.78, 5) is 16.5. The van der Waals surface area contributed by atoms with Crippen LogP contribution in [0.1, 0.15) is 53.1 Å². The fraction of sp³-hybridized carbons (Fsp3) is 0.500. The number of hydrogen-bond acceptors (Lipinski definition) is 7. The number of sulfonamides is 1. The Morgan fingerprint density at radius 2 is 2.06 bits per heavy atom. The molecule has 1 fully saturated rings. The van der Waals surface area contributed by atoms with E-state index >= 15 is 0 Å². The van der Waals surface area contributed by atoms with Gasteiger partial charge in [0.05, 0.1) is 16.6 Å². The second-order valence-electron chi connectivity index (χ2n) is 9.03. The van der Waals surface area contributed by atoms with E-state index < -0.39 is 10.0 Å². The summed E-state index contributed by atoms with van der Waals surface area (Å²) in [6, 6.07) is 8.57. The number of nitriles is 1. The van der Waals surface area contributed by atoms with E-state index in [1.54, 1.807) is 7.05 Å². The van der Waals surface area contributed by atoms with Gasteiger partial charge in [-0.25, -0.2) is 8.42 Å². The van der Waals surface area contributed by atoms with Crippen molar-refractivity contribution in [2.24, 2.45) is 0 Å². The minimum Gasteiger partial charge on any atom is -0.377 e. The van der Waals surface area contributed by atoms with Crippen molar-refractivity contribution < 1.29 is 17.9 Å². The summed E-state index contributed by atoms with van der Waals surface area (Å²) in [5.74, 6) is -0.368. The van der Waals surface area contributed by atoms with Crippen LogP contribution < -0.4 is 5.32 Å². The van der Waals surface area contributed by atoms with Crippen LogP contribution in [-0.2, 0) is 27.7 Å². The van der Waals surface area contributed by atoms with Crippen LogP contribution in [0.3, 0.4) is 0 Å². The summed E-state index contributed by atoms with van der Waals surface area (Å²) in [5.41, 5.74) is 1.89. The molecule has 1 aromatic heterocycles. The second-order valence-corrected chi connectivity index (χ2v) is 12.2. The van der Waals surface area contributed by atoms with Gasteiger partial charge in [0.25, 0.3) is 5.91 Å². The highest BCUT2D eigenvalue weighted by Gasteiger charge is 2.28. The number of ether oxygens (including phenoxy) is 1. The molecule has 2 aromatic rings. The van der Waals surface area contributed by atoms with Gasteiger partial charge in [0, 0.05) is 49.8 Å². The molecule has 190 valence electrons. The van der Waals surface area contributed by atoms with Gasteiger partial charge in [0.1, 0.15) is 11.1 Å². The second kappa shape index (κ2) is 11.4. The van der Waals surface area contributed by atoms with Crippen molar-refractivity contribution in [3.63, 3.8) is 0 Å². The Hall–Kier alpha value is -2.00. The molecule has 1 atom stereocenters. The average Bonchev–Trinajstić information content (AvgIpc) is 3.45. The molecule has 1 N–H and O–H groups in total. The molecule has 8 nitrogen and oxygen atoms in total. The quantitative estimate of drug-likeness (QED) is 0.574. The summed E-state index contributed by atoms with van der Waals surface area (Å²) < 4.78 is 32.6. The van der Waals surface area contributed by atoms with E-state index in [0.29, 0.717) is 35.3 Å². The number of carbonyl (C=O) groups excluding carboxylic acids is 1. The first-order valence-corrected chi connectivity index (χ1v) is 13.7. The van der Waals surface area contributed by atoms with Gasteiger partial charge < -0.3 is 10.1 Å². The van der Waals surface area contributed by atoms with Crippen LogP contribution >= 0.6 is 23.7 Å². The molecule has 0 bridgehead atoms. The maximum absolute atomic E-state index is 12.9. The number of nitrogens with zero attached hydrogens (tertiary/aromatic N) is 3. The number of rotatable bonds is 7. The van der Waals surface area contributed by atoms with Crippen LogP contribution in [0.15, 0.2) is 29.2 Å². The molecule has 11 heteroatoms. The molecule has 0 aliphatic carbocycles. The summed E-state index contributed by atoms with van der Waals surface area (Å²) in [6.45, 7) is 6.93. The van der Waals surface area contributed by atoms with Crippen LogP contribution in [0.25, 0.3) is 0 Å². The molecule has 2 aliphatic heterocycles. The standard InChI is InChI=1S/C24H30N4O4S2.ClH/c1-16(2)28-11-10-20-21(13-25)24(33-22(20)15-28)26-23(29)17-6-8-19(9-7-17)34(30,31)27(3)14-18-5-4-12-32-18;/h6-9,16,18H,4-5,10-12,14-15H2,1-3H3,(H,26,29);1H. The molecule has 4 rings (SSSR count). The molecule has 2 aliphatic rings. The minimum absolute atomic E-state index is 0. The zero-order valence-corrected chi connectivity index (χ0v) is 22.6. The molecular formula is C24H31ClN4O4S2. The maximum atomic E-state index is 12.9. The van der Waals surface area contributed by atoms with E-state index in [1.165, 1.54) is 39.9 Å². The monoisotopic (exact) mass is 538 g/mol. The van der Waals surface area contributed by atoms with E-state index in [-0.39, 0.29) is 29.3 Å². The van der Waals surface area contributed by atoms with Crippen molar-refractivity contribution >= 4 is 44.7 Å². The summed E-state index contributed by atoms with van der Waals surface area (Å²) in [7, 11) is -2.14. The lowest BCUT2D eigenvalue weighted by Crippen LogP contribution is -2.35. The highest BCUT2D eigenvalue weighted by atomic mass is 35.5. The Bertz CT molecular complexity index is 1200.